The summed E-state index contributed by atoms with van der Waals surface area (Å²) in [6, 6.07) is 0. The van der Waals surface area contributed by atoms with E-state index in [-0.39, 0.29) is 22.9 Å². The molecular weight excluding hydrogens is 256 g/mol. The van der Waals surface area contributed by atoms with Crippen molar-refractivity contribution in [2.75, 3.05) is 6.61 Å². The summed E-state index contributed by atoms with van der Waals surface area (Å²) in [6.07, 6.45) is 0.532. The quantitative estimate of drug-likeness (QED) is 0.739. The average molecular weight is 288 g/mol. The molecular formula is C16H32O4. The van der Waals surface area contributed by atoms with E-state index in [1.165, 1.54) is 0 Å². The van der Waals surface area contributed by atoms with E-state index in [1.54, 1.807) is 0 Å². The summed E-state index contributed by atoms with van der Waals surface area (Å²) in [4.78, 5) is 0. The average Bonchev–Trinajstić information content (AvgIpc) is 2.38. The Labute approximate surface area is 124 Å². The molecule has 1 atom stereocenters. The zero-order valence-electron chi connectivity index (χ0n) is 14.6. The van der Waals surface area contributed by atoms with Crippen LogP contribution in [0.25, 0.3) is 0 Å². The minimum Gasteiger partial charge on any atom is -0.364 e. The Morgan fingerprint density at radius 3 is 1.60 bits per heavy atom. The maximum atomic E-state index is 6.15. The maximum absolute atomic E-state index is 6.15. The Morgan fingerprint density at radius 1 is 0.800 bits per heavy atom. The van der Waals surface area contributed by atoms with E-state index >= 15 is 0 Å². The zero-order chi connectivity index (χ0) is 15.8. The summed E-state index contributed by atoms with van der Waals surface area (Å²) in [7, 11) is 0. The topological polar surface area (TPSA) is 36.9 Å². The van der Waals surface area contributed by atoms with Crippen LogP contribution >= 0.6 is 0 Å². The van der Waals surface area contributed by atoms with Crippen molar-refractivity contribution in [1.29, 1.82) is 0 Å². The van der Waals surface area contributed by atoms with Gasteiger partial charge in [0.2, 0.25) is 0 Å². The molecule has 0 bridgehead atoms. The molecule has 1 fully saturated rings. The molecule has 0 aliphatic carbocycles. The van der Waals surface area contributed by atoms with Gasteiger partial charge >= 0.3 is 5.97 Å². The minimum atomic E-state index is -1.14. The van der Waals surface area contributed by atoms with E-state index < -0.39 is 5.97 Å². The van der Waals surface area contributed by atoms with Crippen LogP contribution in [0.2, 0.25) is 0 Å². The zero-order valence-corrected chi connectivity index (χ0v) is 14.6. The van der Waals surface area contributed by atoms with E-state index in [9.17, 15) is 0 Å². The van der Waals surface area contributed by atoms with Crippen molar-refractivity contribution < 1.29 is 18.9 Å². The van der Waals surface area contributed by atoms with Crippen molar-refractivity contribution in [2.24, 2.45) is 0 Å². The molecule has 0 amide bonds. The highest BCUT2D eigenvalue weighted by Gasteiger charge is 2.53. The number of hydrogen-bond acceptors (Lipinski definition) is 4. The summed E-state index contributed by atoms with van der Waals surface area (Å²) >= 11 is 0. The van der Waals surface area contributed by atoms with Gasteiger partial charge < -0.3 is 18.9 Å². The van der Waals surface area contributed by atoms with Crippen molar-refractivity contribution >= 4 is 0 Å². The van der Waals surface area contributed by atoms with E-state index in [1.807, 2.05) is 62.3 Å². The SMILES string of the molecule is CC(C)(C)OC1CCOC1(OC(C)(C)C)OC(C)(C)C. The predicted octanol–water partition coefficient (Wildman–Crippen LogP) is 3.87. The summed E-state index contributed by atoms with van der Waals surface area (Å²) in [5.74, 6) is -1.14. The van der Waals surface area contributed by atoms with Crippen LogP contribution in [0, 0.1) is 0 Å². The second kappa shape index (κ2) is 5.56. The molecule has 0 radical (unpaired) electrons. The van der Waals surface area contributed by atoms with Crippen LogP contribution in [0.3, 0.4) is 0 Å². The van der Waals surface area contributed by atoms with Gasteiger partial charge in [-0.15, -0.1) is 0 Å². The van der Waals surface area contributed by atoms with Crippen LogP contribution in [0.1, 0.15) is 68.7 Å². The van der Waals surface area contributed by atoms with E-state index in [0.717, 1.165) is 6.42 Å². The van der Waals surface area contributed by atoms with Crippen molar-refractivity contribution in [2.45, 2.75) is 97.6 Å². The molecule has 0 spiro atoms. The minimum absolute atomic E-state index is 0.235. The van der Waals surface area contributed by atoms with Gasteiger partial charge in [-0.3, -0.25) is 0 Å². The highest BCUT2D eigenvalue weighted by Crippen LogP contribution is 2.39. The van der Waals surface area contributed by atoms with Gasteiger partial charge in [0.15, 0.2) is 0 Å². The van der Waals surface area contributed by atoms with Crippen LogP contribution in [-0.2, 0) is 18.9 Å². The van der Waals surface area contributed by atoms with E-state index in [4.69, 9.17) is 18.9 Å². The highest BCUT2D eigenvalue weighted by molar-refractivity contribution is 4.85. The maximum Gasteiger partial charge on any atom is 0.311 e. The lowest BCUT2D eigenvalue weighted by Crippen LogP contribution is -2.55. The first-order chi connectivity index (χ1) is 8.73. The molecule has 0 saturated carbocycles. The van der Waals surface area contributed by atoms with Gasteiger partial charge in [-0.2, -0.15) is 0 Å². The van der Waals surface area contributed by atoms with Gasteiger partial charge in [-0.05, 0) is 62.3 Å². The molecule has 1 heterocycles. The fraction of sp³-hybridized carbons (Fsp3) is 1.00. The lowest BCUT2D eigenvalue weighted by Gasteiger charge is -2.43. The van der Waals surface area contributed by atoms with Crippen LogP contribution in [-0.4, -0.2) is 35.5 Å². The molecule has 4 heteroatoms. The number of ether oxygens (including phenoxy) is 4. The van der Waals surface area contributed by atoms with E-state index in [0.29, 0.717) is 6.61 Å². The Morgan fingerprint density at radius 2 is 1.25 bits per heavy atom. The Hall–Kier alpha value is -0.160. The van der Waals surface area contributed by atoms with Gasteiger partial charge in [0, 0.05) is 6.42 Å². The van der Waals surface area contributed by atoms with Crippen molar-refractivity contribution in [3.05, 3.63) is 0 Å². The molecule has 1 unspecified atom stereocenters. The second-order valence-electron chi connectivity index (χ2n) is 8.39. The standard InChI is InChI=1S/C16H32O4/c1-13(2,3)18-12-10-11-17-16(12,19-14(4,5)6)20-15(7,8)9/h12H,10-11H2,1-9H3. The summed E-state index contributed by atoms with van der Waals surface area (Å²) in [5, 5.41) is 0. The molecule has 0 aromatic rings. The van der Waals surface area contributed by atoms with Crippen LogP contribution in [0.5, 0.6) is 0 Å². The summed E-state index contributed by atoms with van der Waals surface area (Å²) < 4.78 is 24.3. The van der Waals surface area contributed by atoms with Gasteiger partial charge in [0.25, 0.3) is 0 Å². The third kappa shape index (κ3) is 5.68. The molecule has 1 aliphatic heterocycles. The highest BCUT2D eigenvalue weighted by atomic mass is 16.9. The number of hydrogen-bond donors (Lipinski definition) is 0. The smallest absolute Gasteiger partial charge is 0.311 e. The summed E-state index contributed by atoms with van der Waals surface area (Å²) in [5.41, 5.74) is -1.03. The van der Waals surface area contributed by atoms with Gasteiger partial charge in [-0.25, -0.2) is 0 Å². The Bertz CT molecular complexity index is 301. The molecule has 0 N–H and O–H groups in total. The molecule has 120 valence electrons. The van der Waals surface area contributed by atoms with Crippen LogP contribution in [0.15, 0.2) is 0 Å². The molecule has 4 nitrogen and oxygen atoms in total. The predicted molar refractivity (Wildman–Crippen MR) is 79.6 cm³/mol. The number of rotatable bonds is 3. The first-order valence-electron chi connectivity index (χ1n) is 7.45. The molecule has 0 aromatic carbocycles. The molecule has 20 heavy (non-hydrogen) atoms. The van der Waals surface area contributed by atoms with Gasteiger partial charge in [-0.1, -0.05) is 0 Å². The fourth-order valence-electron chi connectivity index (χ4n) is 2.20. The van der Waals surface area contributed by atoms with Crippen molar-refractivity contribution in [3.8, 4) is 0 Å². The third-order valence-corrected chi connectivity index (χ3v) is 2.47. The molecule has 0 aromatic heterocycles. The van der Waals surface area contributed by atoms with Crippen LogP contribution in [0.4, 0.5) is 0 Å². The Kier molecular flexibility index (Phi) is 4.97. The van der Waals surface area contributed by atoms with Crippen molar-refractivity contribution in [1.82, 2.24) is 0 Å². The van der Waals surface area contributed by atoms with Gasteiger partial charge in [0.05, 0.1) is 23.4 Å². The largest absolute Gasteiger partial charge is 0.364 e. The Balaban J connectivity index is 3.02. The molecule has 1 aliphatic rings. The molecule has 1 rings (SSSR count). The van der Waals surface area contributed by atoms with Gasteiger partial charge in [0.1, 0.15) is 6.10 Å². The fourth-order valence-corrected chi connectivity index (χ4v) is 2.20. The molecule has 1 saturated heterocycles. The second-order valence-corrected chi connectivity index (χ2v) is 8.39. The third-order valence-electron chi connectivity index (χ3n) is 2.47. The van der Waals surface area contributed by atoms with Crippen molar-refractivity contribution in [3.63, 3.8) is 0 Å². The summed E-state index contributed by atoms with van der Waals surface area (Å²) in [6.45, 7) is 18.7. The normalized spacial score (nSPS) is 24.1. The first kappa shape index (κ1) is 17.9. The lowest BCUT2D eigenvalue weighted by molar-refractivity contribution is -0.440. The lowest BCUT2D eigenvalue weighted by atomic mass is 10.1. The van der Waals surface area contributed by atoms with E-state index in [2.05, 4.69) is 0 Å². The van der Waals surface area contributed by atoms with Crippen LogP contribution < -0.4 is 0 Å². The first-order valence-corrected chi connectivity index (χ1v) is 7.45. The monoisotopic (exact) mass is 288 g/mol.